The predicted molar refractivity (Wildman–Crippen MR) is 197 cm³/mol. The van der Waals surface area contributed by atoms with Gasteiger partial charge < -0.3 is 19.9 Å². The van der Waals surface area contributed by atoms with Crippen molar-refractivity contribution in [3.8, 4) is 11.5 Å². The topological polar surface area (TPSA) is 157 Å². The fourth-order valence-corrected chi connectivity index (χ4v) is 9.21. The average molecular weight is 712 g/mol. The van der Waals surface area contributed by atoms with E-state index in [1.54, 1.807) is 49.4 Å². The van der Waals surface area contributed by atoms with Gasteiger partial charge in [-0.2, -0.15) is 5.01 Å². The third kappa shape index (κ3) is 5.19. The third-order valence-corrected chi connectivity index (χ3v) is 11.5. The van der Waals surface area contributed by atoms with E-state index in [9.17, 15) is 29.5 Å². The van der Waals surface area contributed by atoms with Crippen LogP contribution < -0.4 is 20.5 Å². The summed E-state index contributed by atoms with van der Waals surface area (Å²) in [5.41, 5.74) is 5.06. The summed E-state index contributed by atoms with van der Waals surface area (Å²) in [6.45, 7) is 4.01. The first kappa shape index (κ1) is 34.4. The number of aryl methyl sites for hydroxylation is 1. The van der Waals surface area contributed by atoms with Crippen LogP contribution in [0.2, 0.25) is 0 Å². The Morgan fingerprint density at radius 3 is 2.32 bits per heavy atom. The lowest BCUT2D eigenvalue weighted by Crippen LogP contribution is -2.53. The van der Waals surface area contributed by atoms with Gasteiger partial charge in [0.25, 0.3) is 11.8 Å². The maximum atomic E-state index is 15.3. The van der Waals surface area contributed by atoms with Gasteiger partial charge >= 0.3 is 7.12 Å². The molecule has 11 nitrogen and oxygen atoms in total. The first-order valence-electron chi connectivity index (χ1n) is 17.8. The van der Waals surface area contributed by atoms with Gasteiger partial charge in [-0.3, -0.25) is 29.5 Å². The van der Waals surface area contributed by atoms with E-state index in [2.05, 4.69) is 5.43 Å². The van der Waals surface area contributed by atoms with Crippen molar-refractivity contribution < 1.29 is 39.1 Å². The van der Waals surface area contributed by atoms with Gasteiger partial charge in [-0.15, -0.1) is 0 Å². The smallest absolute Gasteiger partial charge is 0.488 e. The zero-order chi connectivity index (χ0) is 37.2. The van der Waals surface area contributed by atoms with Crippen LogP contribution in [0.3, 0.4) is 0 Å². The summed E-state index contributed by atoms with van der Waals surface area (Å²) >= 11 is 0. The lowest BCUT2D eigenvalue weighted by Gasteiger charge is -2.50. The van der Waals surface area contributed by atoms with Crippen molar-refractivity contribution in [2.24, 2.45) is 23.7 Å². The van der Waals surface area contributed by atoms with Crippen molar-refractivity contribution in [3.63, 3.8) is 0 Å². The van der Waals surface area contributed by atoms with Gasteiger partial charge in [-0.05, 0) is 74.0 Å². The van der Waals surface area contributed by atoms with E-state index in [4.69, 9.17) is 4.74 Å². The number of nitrogens with zero attached hydrogens (tertiary/aromatic N) is 2. The number of hydrazine groups is 1. The Hall–Kier alpha value is -5.72. The number of carbonyl (C=O) groups excluding carboxylic acids is 4. The molecule has 0 radical (unpaired) electrons. The second-order valence-corrected chi connectivity index (χ2v) is 14.2. The summed E-state index contributed by atoms with van der Waals surface area (Å²) in [7, 11) is -1.80. The predicted octanol–water partition coefficient (Wildman–Crippen LogP) is 3.97. The molecule has 4 aliphatic rings. The molecule has 8 rings (SSSR count). The first-order valence-corrected chi connectivity index (χ1v) is 17.8. The van der Waals surface area contributed by atoms with Crippen LogP contribution in [0.5, 0.6) is 11.5 Å². The molecular weight excluding hydrogens is 673 g/mol. The minimum Gasteiger partial charge on any atom is -0.504 e. The van der Waals surface area contributed by atoms with E-state index >= 15 is 4.79 Å². The van der Waals surface area contributed by atoms with Gasteiger partial charge in [0.2, 0.25) is 11.8 Å². The SMILES string of the molecule is CCOc1cccc(C2C3=CCC4C(=O)N(c5cccc(B(O)O)c5)C(=O)C4C3CC3C(=O)N(Nc4ccc(C)cc4)C(=O)C32c2ccccc2)c1O. The molecule has 53 heavy (non-hydrogen) atoms. The molecule has 0 spiro atoms. The number of benzene rings is 4. The quantitative estimate of drug-likeness (QED) is 0.121. The molecule has 2 heterocycles. The fourth-order valence-electron chi connectivity index (χ4n) is 9.21. The number of amides is 4. The zero-order valence-electron chi connectivity index (χ0n) is 29.2. The highest BCUT2D eigenvalue weighted by Crippen LogP contribution is 2.65. The molecule has 4 N–H and O–H groups in total. The molecular formula is C41H38BN3O8. The Labute approximate surface area is 306 Å². The largest absolute Gasteiger partial charge is 0.504 e. The van der Waals surface area contributed by atoms with Crippen molar-refractivity contribution in [1.29, 1.82) is 0 Å². The molecule has 2 aliphatic carbocycles. The van der Waals surface area contributed by atoms with Crippen LogP contribution >= 0.6 is 0 Å². The van der Waals surface area contributed by atoms with Crippen LogP contribution in [0.1, 0.15) is 42.4 Å². The number of phenols is 1. The van der Waals surface area contributed by atoms with E-state index in [-0.39, 0.29) is 42.1 Å². The summed E-state index contributed by atoms with van der Waals surface area (Å²) in [6, 6.07) is 27.6. The number of rotatable bonds is 8. The Kier molecular flexibility index (Phi) is 8.46. The van der Waals surface area contributed by atoms with Crippen LogP contribution in [0.25, 0.3) is 0 Å². The molecule has 3 fully saturated rings. The number of hydrogen-bond acceptors (Lipinski definition) is 9. The summed E-state index contributed by atoms with van der Waals surface area (Å²) in [5.74, 6) is -6.03. The Balaban J connectivity index is 1.32. The van der Waals surface area contributed by atoms with Gasteiger partial charge in [0.1, 0.15) is 0 Å². The summed E-state index contributed by atoms with van der Waals surface area (Å²) in [5, 5.41) is 32.7. The van der Waals surface area contributed by atoms with Crippen LogP contribution in [-0.2, 0) is 24.6 Å². The molecule has 2 saturated heterocycles. The number of hydrogen-bond donors (Lipinski definition) is 4. The molecule has 268 valence electrons. The van der Waals surface area contributed by atoms with E-state index in [0.29, 0.717) is 22.4 Å². The van der Waals surface area contributed by atoms with Crippen LogP contribution in [-0.4, -0.2) is 57.5 Å². The fraction of sp³-hybridized carbons (Fsp3) is 0.268. The van der Waals surface area contributed by atoms with Crippen molar-refractivity contribution in [3.05, 3.63) is 125 Å². The number of nitrogens with one attached hydrogen (secondary N) is 1. The van der Waals surface area contributed by atoms with Crippen molar-refractivity contribution in [2.75, 3.05) is 16.9 Å². The molecule has 6 atom stereocenters. The highest BCUT2D eigenvalue weighted by molar-refractivity contribution is 6.58. The monoisotopic (exact) mass is 711 g/mol. The molecule has 4 aromatic carbocycles. The van der Waals surface area contributed by atoms with Crippen molar-refractivity contribution in [1.82, 2.24) is 5.01 Å². The number of para-hydroxylation sites is 1. The summed E-state index contributed by atoms with van der Waals surface area (Å²) in [6.07, 6.45) is 2.19. The number of imide groups is 2. The number of fused-ring (bicyclic) bond motifs is 4. The van der Waals surface area contributed by atoms with Gasteiger partial charge in [-0.1, -0.05) is 83.9 Å². The van der Waals surface area contributed by atoms with E-state index in [1.165, 1.54) is 12.1 Å². The summed E-state index contributed by atoms with van der Waals surface area (Å²) in [4.78, 5) is 59.9. The highest BCUT2D eigenvalue weighted by atomic mass is 16.5. The minimum atomic E-state index is -1.80. The molecule has 6 unspecified atom stereocenters. The second kappa shape index (κ2) is 13.0. The Bertz CT molecular complexity index is 2170. The minimum absolute atomic E-state index is 0.0865. The van der Waals surface area contributed by atoms with E-state index in [0.717, 1.165) is 15.5 Å². The standard InChI is InChI=1S/C41H38BN3O8/c1-3-53-33-14-8-13-30(36(33)46)35-28-19-20-29-34(39(49)44(37(29)47)27-12-7-11-25(21-27)42(51)52)31(28)22-32-38(48)45(43-26-17-15-23(2)16-18-26)40(50)41(32,35)24-9-5-4-6-10-24/h4-19,21,29,31-32,34-35,43,46,51-52H,3,20,22H2,1-2H3. The lowest BCUT2D eigenvalue weighted by molar-refractivity contribution is -0.138. The van der Waals surface area contributed by atoms with Crippen LogP contribution in [0.15, 0.2) is 109 Å². The number of allylic oxidation sites excluding steroid dienone is 2. The number of carbonyl (C=O) groups is 4. The molecule has 0 aromatic heterocycles. The molecule has 12 heteroatoms. The van der Waals surface area contributed by atoms with E-state index < -0.39 is 65.8 Å². The molecule has 4 amide bonds. The van der Waals surface area contributed by atoms with Crippen molar-refractivity contribution >= 4 is 47.6 Å². The second-order valence-electron chi connectivity index (χ2n) is 14.2. The molecule has 4 aromatic rings. The van der Waals surface area contributed by atoms with Crippen LogP contribution in [0, 0.1) is 30.6 Å². The van der Waals surface area contributed by atoms with Crippen molar-refractivity contribution in [2.45, 2.75) is 38.0 Å². The number of aromatic hydroxyl groups is 1. The van der Waals surface area contributed by atoms with E-state index in [1.807, 2.05) is 55.5 Å². The van der Waals surface area contributed by atoms with Gasteiger partial charge in [0.05, 0.1) is 41.2 Å². The van der Waals surface area contributed by atoms with Gasteiger partial charge in [0, 0.05) is 11.5 Å². The third-order valence-electron chi connectivity index (χ3n) is 11.5. The lowest BCUT2D eigenvalue weighted by atomic mass is 9.49. The zero-order valence-corrected chi connectivity index (χ0v) is 29.2. The average Bonchev–Trinajstić information content (AvgIpc) is 3.54. The highest BCUT2D eigenvalue weighted by Gasteiger charge is 2.70. The Morgan fingerprint density at radius 2 is 1.60 bits per heavy atom. The maximum Gasteiger partial charge on any atom is 0.488 e. The Morgan fingerprint density at radius 1 is 0.868 bits per heavy atom. The molecule has 0 bridgehead atoms. The summed E-state index contributed by atoms with van der Waals surface area (Å²) < 4.78 is 5.82. The maximum absolute atomic E-state index is 15.3. The number of phenolic OH excluding ortho intramolecular Hbond substituents is 1. The number of ether oxygens (including phenoxy) is 1. The van der Waals surface area contributed by atoms with Gasteiger partial charge in [-0.25, -0.2) is 0 Å². The molecule has 2 aliphatic heterocycles. The number of anilines is 2. The first-order chi connectivity index (χ1) is 25.6. The normalized spacial score (nSPS) is 26.2. The van der Waals surface area contributed by atoms with Gasteiger partial charge in [0.15, 0.2) is 11.5 Å². The van der Waals surface area contributed by atoms with Crippen LogP contribution in [0.4, 0.5) is 11.4 Å². The molecule has 1 saturated carbocycles.